The Kier molecular flexibility index (Phi) is 5.39. The summed E-state index contributed by atoms with van der Waals surface area (Å²) < 4.78 is 10.9. The lowest BCUT2D eigenvalue weighted by Crippen LogP contribution is -2.45. The third-order valence-electron chi connectivity index (χ3n) is 5.03. The van der Waals surface area contributed by atoms with E-state index in [1.165, 1.54) is 12.3 Å². The third-order valence-corrected chi connectivity index (χ3v) is 5.30. The van der Waals surface area contributed by atoms with Crippen molar-refractivity contribution in [3.05, 3.63) is 22.8 Å². The van der Waals surface area contributed by atoms with Crippen LogP contribution in [-0.2, 0) is 9.53 Å². The van der Waals surface area contributed by atoms with E-state index in [2.05, 4.69) is 4.98 Å². The number of hydrogen-bond acceptors (Lipinski definition) is 5. The molecule has 2 atom stereocenters. The molecule has 1 aromatic rings. The van der Waals surface area contributed by atoms with E-state index in [0.29, 0.717) is 50.1 Å². The Morgan fingerprint density at radius 3 is 2.92 bits per heavy atom. The average Bonchev–Trinajstić information content (AvgIpc) is 3.01. The first kappa shape index (κ1) is 18.9. The van der Waals surface area contributed by atoms with Crippen LogP contribution in [0.3, 0.4) is 0 Å². The molecule has 142 valence electrons. The molecule has 1 amide bonds. The van der Waals surface area contributed by atoms with Crippen molar-refractivity contribution in [1.82, 2.24) is 9.88 Å². The molecule has 0 bridgehead atoms. The van der Waals surface area contributed by atoms with Crippen molar-refractivity contribution in [3.8, 4) is 5.88 Å². The lowest BCUT2D eigenvalue weighted by molar-refractivity contribution is -0.157. The smallest absolute Gasteiger partial charge is 0.311 e. The Morgan fingerprint density at radius 2 is 2.31 bits per heavy atom. The Labute approximate surface area is 157 Å². The van der Waals surface area contributed by atoms with Crippen LogP contribution in [0.1, 0.15) is 30.6 Å². The van der Waals surface area contributed by atoms with E-state index in [4.69, 9.17) is 21.1 Å². The highest BCUT2D eigenvalue weighted by Crippen LogP contribution is 2.43. The second-order valence-electron chi connectivity index (χ2n) is 7.38. The van der Waals surface area contributed by atoms with E-state index < -0.39 is 11.4 Å². The highest BCUT2D eigenvalue weighted by atomic mass is 35.5. The van der Waals surface area contributed by atoms with Gasteiger partial charge in [-0.15, -0.1) is 0 Å². The monoisotopic (exact) mass is 382 g/mol. The second-order valence-corrected chi connectivity index (χ2v) is 7.79. The molecule has 2 aliphatic heterocycles. The number of amides is 1. The highest BCUT2D eigenvalue weighted by molar-refractivity contribution is 6.32. The van der Waals surface area contributed by atoms with Gasteiger partial charge in [0.1, 0.15) is 5.02 Å². The maximum absolute atomic E-state index is 12.8. The lowest BCUT2D eigenvalue weighted by Gasteiger charge is -2.33. The summed E-state index contributed by atoms with van der Waals surface area (Å²) in [5.41, 5.74) is -0.599. The zero-order valence-corrected chi connectivity index (χ0v) is 15.7. The number of carbonyl (C=O) groups is 2. The van der Waals surface area contributed by atoms with Gasteiger partial charge in [-0.1, -0.05) is 25.4 Å². The van der Waals surface area contributed by atoms with Gasteiger partial charge in [0.25, 0.3) is 5.91 Å². The summed E-state index contributed by atoms with van der Waals surface area (Å²) in [6.07, 6.45) is 1.84. The quantitative estimate of drug-likeness (QED) is 0.840. The predicted molar refractivity (Wildman–Crippen MR) is 94.5 cm³/mol. The maximum atomic E-state index is 12.8. The third kappa shape index (κ3) is 3.50. The van der Waals surface area contributed by atoms with Gasteiger partial charge in [-0.2, -0.15) is 0 Å². The van der Waals surface area contributed by atoms with Crippen LogP contribution < -0.4 is 4.74 Å². The summed E-state index contributed by atoms with van der Waals surface area (Å²) in [4.78, 5) is 30.4. The van der Waals surface area contributed by atoms with Crippen molar-refractivity contribution >= 4 is 23.5 Å². The van der Waals surface area contributed by atoms with E-state index in [0.717, 1.165) is 0 Å². The first-order valence-electron chi connectivity index (χ1n) is 8.72. The molecular weight excluding hydrogens is 360 g/mol. The van der Waals surface area contributed by atoms with Crippen LogP contribution in [0.2, 0.25) is 5.02 Å². The van der Waals surface area contributed by atoms with Gasteiger partial charge in [0.05, 0.1) is 24.2 Å². The first-order chi connectivity index (χ1) is 12.3. The zero-order valence-electron chi connectivity index (χ0n) is 14.9. The molecule has 0 spiro atoms. The van der Waals surface area contributed by atoms with Crippen LogP contribution in [-0.4, -0.2) is 59.8 Å². The number of hydrogen-bond donors (Lipinski definition) is 1. The topological polar surface area (TPSA) is 89.0 Å². The van der Waals surface area contributed by atoms with Crippen LogP contribution in [0.5, 0.6) is 5.88 Å². The fourth-order valence-electron chi connectivity index (χ4n) is 3.53. The minimum Gasteiger partial charge on any atom is -0.481 e. The van der Waals surface area contributed by atoms with Crippen molar-refractivity contribution in [2.24, 2.45) is 17.3 Å². The minimum absolute atomic E-state index is 0.179. The van der Waals surface area contributed by atoms with Crippen LogP contribution in [0.4, 0.5) is 0 Å². The van der Waals surface area contributed by atoms with Crippen LogP contribution in [0.15, 0.2) is 12.3 Å². The summed E-state index contributed by atoms with van der Waals surface area (Å²) in [6, 6.07) is 1.53. The Morgan fingerprint density at radius 1 is 1.54 bits per heavy atom. The van der Waals surface area contributed by atoms with Crippen molar-refractivity contribution in [2.45, 2.75) is 20.3 Å². The van der Waals surface area contributed by atoms with E-state index in [1.807, 2.05) is 13.8 Å². The van der Waals surface area contributed by atoms with Crippen molar-refractivity contribution < 1.29 is 24.2 Å². The molecule has 1 N–H and O–H groups in total. The average molecular weight is 383 g/mol. The van der Waals surface area contributed by atoms with Crippen molar-refractivity contribution in [2.75, 3.05) is 32.9 Å². The standard InChI is InChI=1S/C18H23ClN2O5/c1-11(2)8-26-15-14(19)5-12(6-20-15)16(22)21-7-13-9-25-4-3-18(13,10-21)17(23)24/h5-6,11,13H,3-4,7-10H2,1-2H3,(H,23,24)/t13-,18+/m0/s1. The Bertz CT molecular complexity index is 711. The summed E-state index contributed by atoms with van der Waals surface area (Å²) in [7, 11) is 0. The summed E-state index contributed by atoms with van der Waals surface area (Å²) >= 11 is 6.19. The van der Waals surface area contributed by atoms with Gasteiger partial charge in [0.15, 0.2) is 0 Å². The van der Waals surface area contributed by atoms with Gasteiger partial charge < -0.3 is 19.5 Å². The number of carboxylic acids is 1. The molecule has 2 saturated heterocycles. The maximum Gasteiger partial charge on any atom is 0.311 e. The molecule has 0 aliphatic carbocycles. The number of carbonyl (C=O) groups excluding carboxylic acids is 1. The minimum atomic E-state index is -0.925. The second kappa shape index (κ2) is 7.40. The van der Waals surface area contributed by atoms with Gasteiger partial charge in [-0.05, 0) is 18.4 Å². The van der Waals surface area contributed by atoms with E-state index >= 15 is 0 Å². The van der Waals surface area contributed by atoms with Gasteiger partial charge in [-0.3, -0.25) is 9.59 Å². The number of ether oxygens (including phenoxy) is 2. The van der Waals surface area contributed by atoms with Crippen LogP contribution in [0, 0.1) is 17.3 Å². The van der Waals surface area contributed by atoms with Crippen LogP contribution >= 0.6 is 11.6 Å². The molecular formula is C18H23ClN2O5. The number of carboxylic acid groups (broad SMARTS) is 1. The molecule has 0 saturated carbocycles. The van der Waals surface area contributed by atoms with Crippen molar-refractivity contribution in [3.63, 3.8) is 0 Å². The molecule has 2 aliphatic rings. The SMILES string of the molecule is CC(C)COc1ncc(C(=O)N2C[C@H]3COCC[C@@]3(C(=O)O)C2)cc1Cl. The Hall–Kier alpha value is -1.86. The lowest BCUT2D eigenvalue weighted by atomic mass is 9.74. The number of pyridine rings is 1. The molecule has 0 radical (unpaired) electrons. The van der Waals surface area contributed by atoms with E-state index in [-0.39, 0.29) is 23.4 Å². The van der Waals surface area contributed by atoms with E-state index in [9.17, 15) is 14.7 Å². The fourth-order valence-corrected chi connectivity index (χ4v) is 3.75. The first-order valence-corrected chi connectivity index (χ1v) is 9.10. The summed E-state index contributed by atoms with van der Waals surface area (Å²) in [5.74, 6) is -0.715. The largest absolute Gasteiger partial charge is 0.481 e. The normalized spacial score (nSPS) is 25.2. The van der Waals surface area contributed by atoms with Gasteiger partial charge in [0, 0.05) is 31.8 Å². The molecule has 26 heavy (non-hydrogen) atoms. The number of fused-ring (bicyclic) bond motifs is 1. The molecule has 1 aromatic heterocycles. The van der Waals surface area contributed by atoms with Gasteiger partial charge in [0.2, 0.25) is 5.88 Å². The molecule has 0 unspecified atom stereocenters. The number of aromatic nitrogens is 1. The fraction of sp³-hybridized carbons (Fsp3) is 0.611. The zero-order chi connectivity index (χ0) is 18.9. The molecule has 0 aromatic carbocycles. The number of likely N-dealkylation sites (tertiary alicyclic amines) is 1. The summed E-state index contributed by atoms with van der Waals surface area (Å²) in [5, 5.41) is 9.98. The number of rotatable bonds is 5. The highest BCUT2D eigenvalue weighted by Gasteiger charge is 2.55. The van der Waals surface area contributed by atoms with Crippen LogP contribution in [0.25, 0.3) is 0 Å². The summed E-state index contributed by atoms with van der Waals surface area (Å²) in [6.45, 7) is 5.81. The predicted octanol–water partition coefficient (Wildman–Crippen LogP) is 2.33. The Balaban J connectivity index is 1.75. The number of aliphatic carboxylic acids is 1. The van der Waals surface area contributed by atoms with Gasteiger partial charge >= 0.3 is 5.97 Å². The van der Waals surface area contributed by atoms with E-state index in [1.54, 1.807) is 4.90 Å². The van der Waals surface area contributed by atoms with Crippen molar-refractivity contribution in [1.29, 1.82) is 0 Å². The molecule has 8 heteroatoms. The number of nitrogens with zero attached hydrogens (tertiary/aromatic N) is 2. The van der Waals surface area contributed by atoms with Gasteiger partial charge in [-0.25, -0.2) is 4.98 Å². The molecule has 7 nitrogen and oxygen atoms in total. The molecule has 2 fully saturated rings. The number of halogens is 1. The molecule has 3 heterocycles. The molecule has 3 rings (SSSR count).